The predicted molar refractivity (Wildman–Crippen MR) is 81.0 cm³/mol. The van der Waals surface area contributed by atoms with Crippen LogP contribution in [0.2, 0.25) is 0 Å². The van der Waals surface area contributed by atoms with Crippen LogP contribution < -0.4 is 11.1 Å². The molecule has 4 heteroatoms. The summed E-state index contributed by atoms with van der Waals surface area (Å²) < 4.78 is 0. The van der Waals surface area contributed by atoms with Crippen molar-refractivity contribution in [3.8, 4) is 0 Å². The van der Waals surface area contributed by atoms with Crippen LogP contribution in [0.25, 0.3) is 6.08 Å². The van der Waals surface area contributed by atoms with Crippen LogP contribution >= 0.6 is 0 Å². The summed E-state index contributed by atoms with van der Waals surface area (Å²) in [6, 6.07) is 7.84. The van der Waals surface area contributed by atoms with E-state index in [9.17, 15) is 4.79 Å². The number of carbonyl (C=O) groups excluding carboxylic acids is 1. The lowest BCUT2D eigenvalue weighted by atomic mass is 9.84. The molecule has 1 aromatic rings. The molecule has 0 aromatic heterocycles. The number of benzene rings is 1. The quantitative estimate of drug-likeness (QED) is 0.647. The van der Waals surface area contributed by atoms with Gasteiger partial charge in [0.2, 0.25) is 5.91 Å². The van der Waals surface area contributed by atoms with E-state index in [0.29, 0.717) is 17.6 Å². The van der Waals surface area contributed by atoms with E-state index in [0.717, 1.165) is 12.1 Å². The number of nitrogens with two attached hydrogens (primary N) is 1. The first-order valence-corrected chi connectivity index (χ1v) is 7.27. The van der Waals surface area contributed by atoms with Crippen molar-refractivity contribution in [1.82, 2.24) is 10.2 Å². The molecule has 106 valence electrons. The first-order chi connectivity index (χ1) is 9.70. The molecule has 20 heavy (non-hydrogen) atoms. The first-order valence-electron chi connectivity index (χ1n) is 7.27. The molecule has 2 bridgehead atoms. The van der Waals surface area contributed by atoms with Crippen molar-refractivity contribution in [3.05, 3.63) is 35.9 Å². The second kappa shape index (κ2) is 5.67. The summed E-state index contributed by atoms with van der Waals surface area (Å²) in [5.41, 5.74) is 7.38. The van der Waals surface area contributed by atoms with Gasteiger partial charge in [-0.05, 0) is 55.6 Å². The Balaban J connectivity index is 1.57. The molecule has 0 saturated carbocycles. The molecule has 0 spiro atoms. The molecule has 3 N–H and O–H groups in total. The van der Waals surface area contributed by atoms with Gasteiger partial charge in [0.15, 0.2) is 0 Å². The van der Waals surface area contributed by atoms with Crippen LogP contribution in [-0.4, -0.2) is 36.5 Å². The van der Waals surface area contributed by atoms with E-state index >= 15 is 0 Å². The standard InChI is InChI=1S/C16H21N3O/c17-14-3-1-2-12(10-14)4-5-16(20)18-15-11-19-8-6-13(15)7-9-19/h1-5,10,13,15H,6-9,11,17H2,(H,18,20)/b5-4+. The number of anilines is 1. The lowest BCUT2D eigenvalue weighted by Gasteiger charge is -2.44. The second-order valence-electron chi connectivity index (χ2n) is 5.76. The van der Waals surface area contributed by atoms with Crippen LogP contribution in [0.1, 0.15) is 18.4 Å². The summed E-state index contributed by atoms with van der Waals surface area (Å²) in [5, 5.41) is 3.14. The van der Waals surface area contributed by atoms with Gasteiger partial charge in [0.25, 0.3) is 0 Å². The third kappa shape index (κ3) is 3.02. The van der Waals surface area contributed by atoms with Gasteiger partial charge in [0.05, 0.1) is 0 Å². The fraction of sp³-hybridized carbons (Fsp3) is 0.438. The van der Waals surface area contributed by atoms with Crippen LogP contribution in [-0.2, 0) is 4.79 Å². The number of nitrogen functional groups attached to an aromatic ring is 1. The average molecular weight is 271 g/mol. The summed E-state index contributed by atoms with van der Waals surface area (Å²) >= 11 is 0. The molecule has 3 heterocycles. The van der Waals surface area contributed by atoms with Crippen molar-refractivity contribution >= 4 is 17.7 Å². The SMILES string of the molecule is Nc1cccc(/C=C/C(=O)NC2CN3CCC2CC3)c1. The van der Waals surface area contributed by atoms with Gasteiger partial charge in [-0.1, -0.05) is 12.1 Å². The van der Waals surface area contributed by atoms with E-state index in [2.05, 4.69) is 10.2 Å². The van der Waals surface area contributed by atoms with E-state index in [1.807, 2.05) is 30.3 Å². The molecule has 0 aliphatic carbocycles. The number of hydrogen-bond donors (Lipinski definition) is 2. The lowest BCUT2D eigenvalue weighted by Crippen LogP contribution is -2.57. The highest BCUT2D eigenvalue weighted by Gasteiger charge is 2.34. The van der Waals surface area contributed by atoms with Crippen LogP contribution in [0.3, 0.4) is 0 Å². The van der Waals surface area contributed by atoms with Crippen molar-refractivity contribution in [3.63, 3.8) is 0 Å². The zero-order valence-electron chi connectivity index (χ0n) is 11.6. The molecule has 1 atom stereocenters. The topological polar surface area (TPSA) is 58.4 Å². The summed E-state index contributed by atoms with van der Waals surface area (Å²) in [5.74, 6) is 0.649. The molecule has 1 amide bonds. The van der Waals surface area contributed by atoms with E-state index in [4.69, 9.17) is 5.73 Å². The highest BCUT2D eigenvalue weighted by Crippen LogP contribution is 2.27. The molecule has 3 saturated heterocycles. The first kappa shape index (κ1) is 13.2. The second-order valence-corrected chi connectivity index (χ2v) is 5.76. The number of rotatable bonds is 3. The third-order valence-electron chi connectivity index (χ3n) is 4.32. The largest absolute Gasteiger partial charge is 0.399 e. The Morgan fingerprint density at radius 1 is 1.35 bits per heavy atom. The maximum absolute atomic E-state index is 12.0. The van der Waals surface area contributed by atoms with Crippen LogP contribution in [0.4, 0.5) is 5.69 Å². The van der Waals surface area contributed by atoms with E-state index in [1.54, 1.807) is 6.08 Å². The molecule has 1 aromatic carbocycles. The molecule has 3 fully saturated rings. The highest BCUT2D eigenvalue weighted by atomic mass is 16.1. The molecular weight excluding hydrogens is 250 g/mol. The molecule has 4 nitrogen and oxygen atoms in total. The predicted octanol–water partition coefficient (Wildman–Crippen LogP) is 1.49. The molecule has 4 rings (SSSR count). The van der Waals surface area contributed by atoms with Gasteiger partial charge >= 0.3 is 0 Å². The van der Waals surface area contributed by atoms with Crippen LogP contribution in [0.5, 0.6) is 0 Å². The Kier molecular flexibility index (Phi) is 3.74. The van der Waals surface area contributed by atoms with Crippen molar-refractivity contribution < 1.29 is 4.79 Å². The minimum atomic E-state index is -0.00817. The number of amides is 1. The minimum Gasteiger partial charge on any atom is -0.399 e. The zero-order valence-corrected chi connectivity index (χ0v) is 11.6. The van der Waals surface area contributed by atoms with Gasteiger partial charge in [-0.25, -0.2) is 0 Å². The van der Waals surface area contributed by atoms with Gasteiger partial charge in [-0.3, -0.25) is 4.79 Å². The Morgan fingerprint density at radius 2 is 2.15 bits per heavy atom. The molecule has 1 unspecified atom stereocenters. The molecule has 3 aliphatic rings. The number of piperidine rings is 3. The average Bonchev–Trinajstić information content (AvgIpc) is 2.46. The summed E-state index contributed by atoms with van der Waals surface area (Å²) in [6.45, 7) is 3.38. The van der Waals surface area contributed by atoms with Gasteiger partial charge in [0.1, 0.15) is 0 Å². The summed E-state index contributed by atoms with van der Waals surface area (Å²) in [7, 11) is 0. The van der Waals surface area contributed by atoms with E-state index in [1.165, 1.54) is 25.9 Å². The van der Waals surface area contributed by atoms with E-state index in [-0.39, 0.29) is 5.91 Å². The van der Waals surface area contributed by atoms with E-state index < -0.39 is 0 Å². The molecule has 0 radical (unpaired) electrons. The molecular formula is C16H21N3O. The number of nitrogens with zero attached hydrogens (tertiary/aromatic N) is 1. The smallest absolute Gasteiger partial charge is 0.244 e. The lowest BCUT2D eigenvalue weighted by molar-refractivity contribution is -0.118. The summed E-state index contributed by atoms with van der Waals surface area (Å²) in [4.78, 5) is 14.4. The Bertz CT molecular complexity index is 518. The monoisotopic (exact) mass is 271 g/mol. The van der Waals surface area contributed by atoms with Gasteiger partial charge in [-0.2, -0.15) is 0 Å². The van der Waals surface area contributed by atoms with Crippen LogP contribution in [0, 0.1) is 5.92 Å². The normalized spacial score (nSPS) is 28.7. The van der Waals surface area contributed by atoms with Crippen molar-refractivity contribution in [2.24, 2.45) is 5.92 Å². The van der Waals surface area contributed by atoms with Crippen molar-refractivity contribution in [1.29, 1.82) is 0 Å². The molecule has 3 aliphatic heterocycles. The number of fused-ring (bicyclic) bond motifs is 3. The third-order valence-corrected chi connectivity index (χ3v) is 4.32. The minimum absolute atomic E-state index is 0.00817. The van der Waals surface area contributed by atoms with Crippen molar-refractivity contribution in [2.45, 2.75) is 18.9 Å². The van der Waals surface area contributed by atoms with Gasteiger partial charge in [-0.15, -0.1) is 0 Å². The maximum atomic E-state index is 12.0. The fourth-order valence-corrected chi connectivity index (χ4v) is 3.19. The van der Waals surface area contributed by atoms with Crippen LogP contribution in [0.15, 0.2) is 30.3 Å². The Labute approximate surface area is 119 Å². The number of nitrogens with one attached hydrogen (secondary N) is 1. The van der Waals surface area contributed by atoms with Gasteiger partial charge in [0, 0.05) is 24.4 Å². The maximum Gasteiger partial charge on any atom is 0.244 e. The number of carbonyl (C=O) groups is 1. The Morgan fingerprint density at radius 3 is 2.80 bits per heavy atom. The van der Waals surface area contributed by atoms with Gasteiger partial charge < -0.3 is 16.0 Å². The highest BCUT2D eigenvalue weighted by molar-refractivity contribution is 5.92. The van der Waals surface area contributed by atoms with Crippen molar-refractivity contribution in [2.75, 3.05) is 25.4 Å². The Hall–Kier alpha value is -1.81. The zero-order chi connectivity index (χ0) is 13.9. The number of hydrogen-bond acceptors (Lipinski definition) is 3. The fourth-order valence-electron chi connectivity index (χ4n) is 3.19. The summed E-state index contributed by atoms with van der Waals surface area (Å²) in [6.07, 6.45) is 5.84.